The number of urea groups is 1. The zero-order valence-electron chi connectivity index (χ0n) is 17.9. The quantitative estimate of drug-likeness (QED) is 0.759. The van der Waals surface area contributed by atoms with Gasteiger partial charge in [0.1, 0.15) is 9.92 Å². The molecular weight excluding hydrogens is 412 g/mol. The van der Waals surface area contributed by atoms with Gasteiger partial charge in [-0.3, -0.25) is 4.79 Å². The Kier molecular flexibility index (Phi) is 5.85. The number of carbonyl (C=O) groups is 2. The molecule has 2 aromatic rings. The molecule has 0 heterocycles. The Hall–Kier alpha value is -2.71. The number of hydrogen-bond donors (Lipinski definition) is 2. The topological polar surface area (TPSA) is 105 Å². The molecule has 31 heavy (non-hydrogen) atoms. The van der Waals surface area contributed by atoms with Gasteiger partial charge in [-0.1, -0.05) is 18.2 Å². The van der Waals surface area contributed by atoms with Crippen molar-refractivity contribution in [2.75, 3.05) is 12.4 Å². The van der Waals surface area contributed by atoms with Gasteiger partial charge in [-0.05, 0) is 78.5 Å². The zero-order valence-corrected chi connectivity index (χ0v) is 18.8. The SMILES string of the molecule is CC(=O)N(C)Cc1ccc(S(N)(=O)=NC(=O)Nc2c3c(cc4c2CCC4)CCC3)cc1. The molecule has 2 aliphatic rings. The number of nitrogens with zero attached hydrogens (tertiary/aromatic N) is 2. The Morgan fingerprint density at radius 1 is 1.06 bits per heavy atom. The average molecular weight is 441 g/mol. The van der Waals surface area contributed by atoms with E-state index in [1.165, 1.54) is 29.2 Å². The second-order valence-electron chi connectivity index (χ2n) is 8.34. The van der Waals surface area contributed by atoms with E-state index in [1.54, 1.807) is 36.2 Å². The second kappa shape index (κ2) is 8.43. The van der Waals surface area contributed by atoms with Crippen molar-refractivity contribution in [3.63, 3.8) is 0 Å². The lowest BCUT2D eigenvalue weighted by atomic mass is 9.99. The summed E-state index contributed by atoms with van der Waals surface area (Å²) < 4.78 is 16.8. The third-order valence-electron chi connectivity index (χ3n) is 6.14. The van der Waals surface area contributed by atoms with Crippen LogP contribution >= 0.6 is 0 Å². The molecule has 0 bridgehead atoms. The second-order valence-corrected chi connectivity index (χ2v) is 10.1. The first-order valence-electron chi connectivity index (χ1n) is 10.6. The fourth-order valence-corrected chi connectivity index (χ4v) is 5.37. The smallest absolute Gasteiger partial charge is 0.342 e. The fraction of sp³-hybridized carbons (Fsp3) is 0.391. The lowest BCUT2D eigenvalue weighted by molar-refractivity contribution is -0.128. The van der Waals surface area contributed by atoms with E-state index in [4.69, 9.17) is 5.14 Å². The number of hydrogen-bond acceptors (Lipinski definition) is 3. The van der Waals surface area contributed by atoms with Gasteiger partial charge < -0.3 is 10.2 Å². The summed E-state index contributed by atoms with van der Waals surface area (Å²) >= 11 is 0. The first kappa shape index (κ1) is 21.5. The first-order valence-corrected chi connectivity index (χ1v) is 12.2. The van der Waals surface area contributed by atoms with Crippen molar-refractivity contribution in [2.45, 2.75) is 56.9 Å². The van der Waals surface area contributed by atoms with E-state index >= 15 is 0 Å². The van der Waals surface area contributed by atoms with Crippen molar-refractivity contribution in [3.8, 4) is 0 Å². The van der Waals surface area contributed by atoms with Crippen LogP contribution in [0.3, 0.4) is 0 Å². The molecule has 8 heteroatoms. The van der Waals surface area contributed by atoms with Gasteiger partial charge in [0.2, 0.25) is 5.91 Å². The van der Waals surface area contributed by atoms with Crippen LogP contribution in [0.1, 0.15) is 47.6 Å². The van der Waals surface area contributed by atoms with E-state index in [0.717, 1.165) is 49.8 Å². The number of benzene rings is 2. The average Bonchev–Trinajstić information content (AvgIpc) is 3.37. The largest absolute Gasteiger partial charge is 0.354 e. The molecule has 4 rings (SSSR count). The van der Waals surface area contributed by atoms with Gasteiger partial charge in [0.25, 0.3) is 0 Å². The number of nitrogens with two attached hydrogens (primary N) is 1. The van der Waals surface area contributed by atoms with Crippen molar-refractivity contribution in [3.05, 3.63) is 58.1 Å². The Morgan fingerprint density at radius 2 is 1.65 bits per heavy atom. The van der Waals surface area contributed by atoms with Gasteiger partial charge in [0.15, 0.2) is 0 Å². The minimum absolute atomic E-state index is 0.0442. The third-order valence-corrected chi connectivity index (χ3v) is 7.53. The van der Waals surface area contributed by atoms with Gasteiger partial charge >= 0.3 is 6.03 Å². The van der Waals surface area contributed by atoms with Crippen LogP contribution in [-0.2, 0) is 46.9 Å². The first-order chi connectivity index (χ1) is 14.7. The van der Waals surface area contributed by atoms with Crippen LogP contribution in [0, 0.1) is 0 Å². The molecule has 2 aliphatic carbocycles. The molecule has 0 fully saturated rings. The molecular formula is C23H28N4O3S. The van der Waals surface area contributed by atoms with E-state index in [2.05, 4.69) is 15.7 Å². The summed E-state index contributed by atoms with van der Waals surface area (Å²) in [4.78, 5) is 25.9. The van der Waals surface area contributed by atoms with Gasteiger partial charge in [-0.25, -0.2) is 14.1 Å². The fourth-order valence-electron chi connectivity index (χ4n) is 4.45. The van der Waals surface area contributed by atoms with E-state index in [9.17, 15) is 13.8 Å². The molecule has 0 radical (unpaired) electrons. The summed E-state index contributed by atoms with van der Waals surface area (Å²) in [6.45, 7) is 1.93. The lowest BCUT2D eigenvalue weighted by Crippen LogP contribution is -2.23. The maximum atomic E-state index is 13.0. The summed E-state index contributed by atoms with van der Waals surface area (Å²) in [6.07, 6.45) is 6.09. The summed E-state index contributed by atoms with van der Waals surface area (Å²) in [5.41, 5.74) is 6.70. The molecule has 0 spiro atoms. The summed E-state index contributed by atoms with van der Waals surface area (Å²) in [7, 11) is -1.68. The van der Waals surface area contributed by atoms with E-state index in [-0.39, 0.29) is 10.8 Å². The predicted octanol–water partition coefficient (Wildman–Crippen LogP) is 3.58. The van der Waals surface area contributed by atoms with Crippen LogP contribution in [0.15, 0.2) is 39.6 Å². The molecule has 7 nitrogen and oxygen atoms in total. The summed E-state index contributed by atoms with van der Waals surface area (Å²) in [5, 5.41) is 8.86. The standard InChI is InChI=1S/C23H28N4O3S/c1-15(28)27(2)14-16-9-11-19(12-10-16)31(24,30)26-23(29)25-22-20-7-3-5-17(20)13-18-6-4-8-21(18)22/h9-13H,3-8,14H2,1-2H3,(H3,24,25,26,29,30). The van der Waals surface area contributed by atoms with Crippen molar-refractivity contribution in [2.24, 2.45) is 9.50 Å². The van der Waals surface area contributed by atoms with E-state index in [1.807, 2.05) is 0 Å². The van der Waals surface area contributed by atoms with Crippen LogP contribution in [0.5, 0.6) is 0 Å². The number of nitrogens with one attached hydrogen (secondary N) is 1. The molecule has 1 atom stereocenters. The third kappa shape index (κ3) is 4.50. The van der Waals surface area contributed by atoms with Crippen LogP contribution in [0.25, 0.3) is 0 Å². The molecule has 0 saturated carbocycles. The monoisotopic (exact) mass is 440 g/mol. The van der Waals surface area contributed by atoms with Crippen LogP contribution in [-0.4, -0.2) is 28.1 Å². The van der Waals surface area contributed by atoms with Crippen molar-refractivity contribution < 1.29 is 13.8 Å². The van der Waals surface area contributed by atoms with Crippen LogP contribution in [0.4, 0.5) is 10.5 Å². The molecule has 2 aromatic carbocycles. The predicted molar refractivity (Wildman–Crippen MR) is 121 cm³/mol. The number of amides is 3. The maximum absolute atomic E-state index is 13.0. The lowest BCUT2D eigenvalue weighted by Gasteiger charge is -2.16. The molecule has 3 N–H and O–H groups in total. The molecule has 0 aliphatic heterocycles. The maximum Gasteiger partial charge on any atom is 0.354 e. The summed E-state index contributed by atoms with van der Waals surface area (Å²) in [6, 6.07) is 8.29. The Morgan fingerprint density at radius 3 is 2.19 bits per heavy atom. The number of rotatable bonds is 4. The minimum Gasteiger partial charge on any atom is -0.342 e. The van der Waals surface area contributed by atoms with Crippen molar-refractivity contribution >= 4 is 27.5 Å². The van der Waals surface area contributed by atoms with Crippen LogP contribution < -0.4 is 10.5 Å². The minimum atomic E-state index is -3.39. The van der Waals surface area contributed by atoms with Gasteiger partial charge in [-0.2, -0.15) is 0 Å². The van der Waals surface area contributed by atoms with Crippen molar-refractivity contribution in [1.29, 1.82) is 0 Å². The number of anilines is 1. The summed E-state index contributed by atoms with van der Waals surface area (Å²) in [5.74, 6) is -0.0442. The Bertz CT molecular complexity index is 1130. The molecule has 164 valence electrons. The number of aryl methyl sites for hydroxylation is 2. The number of fused-ring (bicyclic) bond motifs is 2. The van der Waals surface area contributed by atoms with Crippen LogP contribution in [0.2, 0.25) is 0 Å². The normalized spacial score (nSPS) is 16.2. The Labute approximate surface area is 183 Å². The van der Waals surface area contributed by atoms with Crippen molar-refractivity contribution in [1.82, 2.24) is 4.90 Å². The molecule has 3 amide bonds. The molecule has 0 saturated heterocycles. The van der Waals surface area contributed by atoms with Gasteiger partial charge in [0.05, 0.1) is 4.90 Å². The zero-order chi connectivity index (χ0) is 22.2. The van der Waals surface area contributed by atoms with E-state index < -0.39 is 15.9 Å². The van der Waals surface area contributed by atoms with E-state index in [0.29, 0.717) is 6.54 Å². The highest BCUT2D eigenvalue weighted by molar-refractivity contribution is 7.91. The Balaban J connectivity index is 1.56. The van der Waals surface area contributed by atoms with Gasteiger partial charge in [0, 0.05) is 26.2 Å². The highest BCUT2D eigenvalue weighted by Gasteiger charge is 2.25. The molecule has 1 unspecified atom stereocenters. The number of carbonyl (C=O) groups excluding carboxylic acids is 2. The highest BCUT2D eigenvalue weighted by Crippen LogP contribution is 2.38. The molecule has 0 aromatic heterocycles. The van der Waals surface area contributed by atoms with Gasteiger partial charge in [-0.15, -0.1) is 4.36 Å². The highest BCUT2D eigenvalue weighted by atomic mass is 32.2.